The number of rotatable bonds is 9. The van der Waals surface area contributed by atoms with Crippen LogP contribution in [-0.4, -0.2) is 51.0 Å². The maximum Gasteiger partial charge on any atom is 0.416 e. The summed E-state index contributed by atoms with van der Waals surface area (Å²) in [6, 6.07) is 9.99. The van der Waals surface area contributed by atoms with Crippen molar-refractivity contribution >= 4 is 39.1 Å². The van der Waals surface area contributed by atoms with E-state index in [1.165, 1.54) is 11.9 Å². The molecule has 0 spiro atoms. The van der Waals surface area contributed by atoms with Crippen molar-refractivity contribution in [3.05, 3.63) is 64.7 Å². The monoisotopic (exact) mass is 519 g/mol. The van der Waals surface area contributed by atoms with Crippen LogP contribution < -0.4 is 9.62 Å². The van der Waals surface area contributed by atoms with E-state index in [4.69, 9.17) is 11.6 Å². The van der Waals surface area contributed by atoms with Gasteiger partial charge in [-0.2, -0.15) is 13.2 Å². The van der Waals surface area contributed by atoms with Crippen LogP contribution in [0.25, 0.3) is 0 Å². The summed E-state index contributed by atoms with van der Waals surface area (Å²) in [6.45, 7) is 0.822. The lowest BCUT2D eigenvalue weighted by molar-refractivity contribution is -0.140. The van der Waals surface area contributed by atoms with Crippen LogP contribution in [0.2, 0.25) is 5.02 Å². The van der Waals surface area contributed by atoms with Crippen molar-refractivity contribution in [1.29, 1.82) is 0 Å². The highest BCUT2D eigenvalue weighted by Gasteiger charge is 2.35. The van der Waals surface area contributed by atoms with E-state index in [-0.39, 0.29) is 18.0 Å². The summed E-state index contributed by atoms with van der Waals surface area (Å²) in [6.07, 6.45) is -3.77. The maximum absolute atomic E-state index is 13.4. The second-order valence-corrected chi connectivity index (χ2v) is 9.79. The van der Waals surface area contributed by atoms with Crippen LogP contribution in [-0.2, 0) is 32.3 Å². The van der Waals surface area contributed by atoms with Gasteiger partial charge in [0.1, 0.15) is 12.6 Å². The number of carbonyl (C=O) groups excluding carboxylic acids is 2. The first-order valence-corrected chi connectivity index (χ1v) is 12.4. The topological polar surface area (TPSA) is 86.8 Å². The summed E-state index contributed by atoms with van der Waals surface area (Å²) >= 11 is 6.04. The molecule has 2 rings (SSSR count). The number of nitrogens with one attached hydrogen (secondary N) is 1. The number of nitrogens with zero attached hydrogens (tertiary/aromatic N) is 2. The minimum Gasteiger partial charge on any atom is -0.357 e. The van der Waals surface area contributed by atoms with Crippen molar-refractivity contribution in [2.45, 2.75) is 32.1 Å². The van der Waals surface area contributed by atoms with Gasteiger partial charge in [-0.05, 0) is 30.2 Å². The van der Waals surface area contributed by atoms with E-state index in [2.05, 4.69) is 5.32 Å². The van der Waals surface area contributed by atoms with E-state index in [9.17, 15) is 31.2 Å². The minimum atomic E-state index is -4.75. The van der Waals surface area contributed by atoms with Gasteiger partial charge in [-0.25, -0.2) is 8.42 Å². The van der Waals surface area contributed by atoms with E-state index in [0.29, 0.717) is 22.0 Å². The van der Waals surface area contributed by atoms with Gasteiger partial charge < -0.3 is 10.2 Å². The average molecular weight is 520 g/mol. The minimum absolute atomic E-state index is 0.0144. The Morgan fingerprint density at radius 1 is 1.12 bits per heavy atom. The Morgan fingerprint density at radius 3 is 2.24 bits per heavy atom. The molecule has 34 heavy (non-hydrogen) atoms. The van der Waals surface area contributed by atoms with Crippen molar-refractivity contribution in [2.75, 3.05) is 24.2 Å². The molecule has 186 valence electrons. The summed E-state index contributed by atoms with van der Waals surface area (Å²) in [5, 5.41) is 2.20. The number of halogens is 4. The molecule has 1 N–H and O–H groups in total. The highest BCUT2D eigenvalue weighted by atomic mass is 35.5. The lowest BCUT2D eigenvalue weighted by atomic mass is 10.1. The Kier molecular flexibility index (Phi) is 8.96. The number of alkyl halides is 3. The van der Waals surface area contributed by atoms with Gasteiger partial charge >= 0.3 is 6.18 Å². The van der Waals surface area contributed by atoms with Crippen LogP contribution in [0, 0.1) is 0 Å². The van der Waals surface area contributed by atoms with Gasteiger partial charge in [0.2, 0.25) is 21.8 Å². The Morgan fingerprint density at radius 2 is 1.74 bits per heavy atom. The first-order chi connectivity index (χ1) is 15.8. The van der Waals surface area contributed by atoms with Crippen molar-refractivity contribution in [3.8, 4) is 0 Å². The van der Waals surface area contributed by atoms with Crippen LogP contribution in [0.3, 0.4) is 0 Å². The van der Waals surface area contributed by atoms with E-state index in [0.717, 1.165) is 12.3 Å². The highest BCUT2D eigenvalue weighted by molar-refractivity contribution is 7.92. The molecule has 2 aromatic carbocycles. The predicted octanol–water partition coefficient (Wildman–Crippen LogP) is 3.68. The summed E-state index contributed by atoms with van der Waals surface area (Å²) in [5.41, 5.74) is -0.924. The molecule has 1 atom stereocenters. The zero-order chi connectivity index (χ0) is 25.7. The van der Waals surface area contributed by atoms with E-state index >= 15 is 0 Å². The normalized spacial score (nSPS) is 12.7. The van der Waals surface area contributed by atoms with Gasteiger partial charge in [0.05, 0.1) is 22.5 Å². The number of benzene rings is 2. The second kappa shape index (κ2) is 11.1. The number of amides is 2. The van der Waals surface area contributed by atoms with Crippen LogP contribution in [0.4, 0.5) is 18.9 Å². The molecule has 0 saturated carbocycles. The van der Waals surface area contributed by atoms with Crippen LogP contribution in [0.15, 0.2) is 48.5 Å². The first kappa shape index (κ1) is 27.5. The van der Waals surface area contributed by atoms with E-state index < -0.39 is 51.9 Å². The quantitative estimate of drug-likeness (QED) is 0.547. The molecule has 0 fully saturated rings. The van der Waals surface area contributed by atoms with Crippen LogP contribution in [0.1, 0.15) is 24.5 Å². The third-order valence-electron chi connectivity index (χ3n) is 5.05. The summed E-state index contributed by atoms with van der Waals surface area (Å²) in [7, 11) is -2.82. The van der Waals surface area contributed by atoms with Crippen LogP contribution >= 0.6 is 11.6 Å². The fourth-order valence-corrected chi connectivity index (χ4v) is 4.46. The number of likely N-dealkylation sites (N-methyl/N-ethyl adjacent to an activating group) is 1. The number of hydrogen-bond acceptors (Lipinski definition) is 4. The standard InChI is InChI=1S/C22H25ClF3N3O4S/c1-4-18(21(31)27-2)28(13-15-8-6-5-7-9-15)20(30)14-29(34(3,32)33)19-12-16(22(24,25)26)10-11-17(19)23/h5-12,18H,4,13-14H2,1-3H3,(H,27,31)/t18-/m0/s1. The Labute approximate surface area is 201 Å². The van der Waals surface area contributed by atoms with Gasteiger partial charge in [0, 0.05) is 13.6 Å². The molecule has 2 amide bonds. The molecule has 0 aliphatic rings. The molecule has 0 radical (unpaired) electrons. The largest absolute Gasteiger partial charge is 0.416 e. The highest BCUT2D eigenvalue weighted by Crippen LogP contribution is 2.36. The molecule has 7 nitrogen and oxygen atoms in total. The van der Waals surface area contributed by atoms with Gasteiger partial charge in [-0.15, -0.1) is 0 Å². The molecule has 2 aromatic rings. The zero-order valence-corrected chi connectivity index (χ0v) is 20.3. The number of carbonyl (C=O) groups is 2. The van der Waals surface area contributed by atoms with Crippen molar-refractivity contribution < 1.29 is 31.2 Å². The molecule has 0 saturated heterocycles. The van der Waals surface area contributed by atoms with Gasteiger partial charge in [0.25, 0.3) is 0 Å². The van der Waals surface area contributed by atoms with Gasteiger partial charge in [-0.3, -0.25) is 13.9 Å². The number of anilines is 1. The fourth-order valence-electron chi connectivity index (χ4n) is 3.34. The molecule has 0 aliphatic carbocycles. The maximum atomic E-state index is 13.4. The summed E-state index contributed by atoms with van der Waals surface area (Å²) < 4.78 is 65.3. The molecule has 0 aromatic heterocycles. The molecule has 0 heterocycles. The number of hydrogen-bond donors (Lipinski definition) is 1. The zero-order valence-electron chi connectivity index (χ0n) is 18.8. The third-order valence-corrected chi connectivity index (χ3v) is 6.50. The van der Waals surface area contributed by atoms with Crippen molar-refractivity contribution in [3.63, 3.8) is 0 Å². The van der Waals surface area contributed by atoms with E-state index in [1.54, 1.807) is 37.3 Å². The Hall–Kier alpha value is -2.79. The van der Waals surface area contributed by atoms with Gasteiger partial charge in [-0.1, -0.05) is 48.9 Å². The predicted molar refractivity (Wildman–Crippen MR) is 124 cm³/mol. The summed E-state index contributed by atoms with van der Waals surface area (Å²) in [5.74, 6) is -1.24. The summed E-state index contributed by atoms with van der Waals surface area (Å²) in [4.78, 5) is 27.0. The molecule has 0 bridgehead atoms. The molecule has 0 aliphatic heterocycles. The SMILES string of the molecule is CC[C@@H](C(=O)NC)N(Cc1ccccc1)C(=O)CN(c1cc(C(F)(F)F)ccc1Cl)S(C)(=O)=O. The Bertz CT molecular complexity index is 1130. The smallest absolute Gasteiger partial charge is 0.357 e. The fraction of sp³-hybridized carbons (Fsp3) is 0.364. The second-order valence-electron chi connectivity index (χ2n) is 7.48. The first-order valence-electron chi connectivity index (χ1n) is 10.2. The lowest BCUT2D eigenvalue weighted by Crippen LogP contribution is -2.51. The van der Waals surface area contributed by atoms with Crippen molar-refractivity contribution in [1.82, 2.24) is 10.2 Å². The third kappa shape index (κ3) is 6.86. The number of sulfonamides is 1. The molecular formula is C22H25ClF3N3O4S. The van der Waals surface area contributed by atoms with Crippen molar-refractivity contribution in [2.24, 2.45) is 0 Å². The Balaban J connectivity index is 2.52. The lowest BCUT2D eigenvalue weighted by Gasteiger charge is -2.32. The molecular weight excluding hydrogens is 495 g/mol. The molecule has 0 unspecified atom stereocenters. The van der Waals surface area contributed by atoms with Crippen LogP contribution in [0.5, 0.6) is 0 Å². The van der Waals surface area contributed by atoms with Gasteiger partial charge in [0.15, 0.2) is 0 Å². The van der Waals surface area contributed by atoms with E-state index in [1.807, 2.05) is 0 Å². The average Bonchev–Trinajstić information content (AvgIpc) is 2.76. The molecule has 12 heteroatoms.